The van der Waals surface area contributed by atoms with Gasteiger partial charge in [0, 0.05) is 23.2 Å². The van der Waals surface area contributed by atoms with E-state index in [1.54, 1.807) is 0 Å². The number of benzene rings is 4. The molecule has 4 N–H and O–H groups in total. The minimum Gasteiger partial charge on any atom is -0.399 e. The first kappa shape index (κ1) is 53.1. The molecule has 354 valence electrons. The highest BCUT2D eigenvalue weighted by atomic mass is 14.5. The fourth-order valence-electron chi connectivity index (χ4n) is 10.1. The Morgan fingerprint density at radius 1 is 0.266 bits per heavy atom. The molecule has 0 heterocycles. The van der Waals surface area contributed by atoms with Gasteiger partial charge in [-0.15, -0.1) is 0 Å². The Morgan fingerprint density at radius 2 is 0.484 bits per heavy atom. The number of anilines is 2. The summed E-state index contributed by atoms with van der Waals surface area (Å²) in [5.41, 5.74) is 22.5. The van der Waals surface area contributed by atoms with Crippen LogP contribution in [-0.2, 0) is 12.8 Å². The molecule has 64 heavy (non-hydrogen) atoms. The van der Waals surface area contributed by atoms with Gasteiger partial charge in [-0.1, -0.05) is 266 Å². The lowest BCUT2D eigenvalue weighted by Crippen LogP contribution is -2.02. The molecule has 0 aromatic heterocycles. The second-order valence-electron chi connectivity index (χ2n) is 19.9. The summed E-state index contributed by atoms with van der Waals surface area (Å²) in [4.78, 5) is 0. The van der Waals surface area contributed by atoms with Crippen LogP contribution in [0.1, 0.15) is 265 Å². The minimum atomic E-state index is 0.470. The number of nitrogen functional groups attached to an aromatic ring is 2. The molecule has 2 heteroatoms. The van der Waals surface area contributed by atoms with Crippen molar-refractivity contribution in [3.63, 3.8) is 0 Å². The maximum absolute atomic E-state index is 6.04. The summed E-state index contributed by atoms with van der Waals surface area (Å²) in [6.07, 6.45) is 46.4. The molecule has 0 aliphatic heterocycles. The van der Waals surface area contributed by atoms with E-state index in [0.717, 1.165) is 11.4 Å². The average Bonchev–Trinajstić information content (AvgIpc) is 3.32. The Labute approximate surface area is 395 Å². The lowest BCUT2D eigenvalue weighted by Gasteiger charge is -2.19. The van der Waals surface area contributed by atoms with Crippen molar-refractivity contribution in [2.45, 2.75) is 244 Å². The van der Waals surface area contributed by atoms with E-state index in [4.69, 9.17) is 11.5 Å². The molecule has 2 unspecified atom stereocenters. The lowest BCUT2D eigenvalue weighted by molar-refractivity contribution is 0.528. The zero-order valence-corrected chi connectivity index (χ0v) is 41.6. The largest absolute Gasteiger partial charge is 0.399 e. The monoisotopic (exact) mass is 869 g/mol. The number of nitrogens with two attached hydrogens (primary N) is 2. The molecule has 2 atom stereocenters. The number of rotatable bonds is 39. The van der Waals surface area contributed by atoms with Crippen molar-refractivity contribution >= 4 is 11.4 Å². The van der Waals surface area contributed by atoms with Crippen molar-refractivity contribution < 1.29 is 0 Å². The first-order valence-corrected chi connectivity index (χ1v) is 27.5. The van der Waals surface area contributed by atoms with Crippen LogP contribution in [0.5, 0.6) is 0 Å². The number of hydrogen-bond donors (Lipinski definition) is 2. The van der Waals surface area contributed by atoms with Crippen LogP contribution in [0.15, 0.2) is 97.1 Å². The smallest absolute Gasteiger partial charge is 0.0314 e. The molecule has 4 rings (SSSR count). The third-order valence-corrected chi connectivity index (χ3v) is 14.3. The SMILES string of the molecule is CCCCCCCCCC(c1ccc(N)cc1)c1ccc(CCCCCCCCCCCCCCCCCCc2ccc(C(CCCCCCCCC)c3ccc(N)cc3)cc2)cc1. The van der Waals surface area contributed by atoms with Gasteiger partial charge >= 0.3 is 0 Å². The van der Waals surface area contributed by atoms with Crippen molar-refractivity contribution in [2.75, 3.05) is 11.5 Å². The molecule has 2 nitrogen and oxygen atoms in total. The van der Waals surface area contributed by atoms with Gasteiger partial charge in [-0.2, -0.15) is 0 Å². The van der Waals surface area contributed by atoms with Gasteiger partial charge in [-0.3, -0.25) is 0 Å². The van der Waals surface area contributed by atoms with E-state index in [-0.39, 0.29) is 0 Å². The van der Waals surface area contributed by atoms with Gasteiger partial charge in [0.15, 0.2) is 0 Å². The van der Waals surface area contributed by atoms with E-state index in [1.165, 1.54) is 252 Å². The standard InChI is InChI=1S/C62H96N2/c1-3-5-7-9-21-27-31-35-61(57-45-49-59(63)50-46-57)55-41-37-53(38-42-55)33-29-25-23-19-17-15-13-11-12-14-16-18-20-24-26-30-34-54-39-43-56(44-40-54)62(58-47-51-60(64)52-48-58)36-32-28-22-10-8-6-4-2/h37-52,61-62H,3-36,63-64H2,1-2H3. The van der Waals surface area contributed by atoms with Gasteiger partial charge in [0.05, 0.1) is 0 Å². The zero-order chi connectivity index (χ0) is 45.1. The summed E-state index contributed by atoms with van der Waals surface area (Å²) in [6.45, 7) is 4.60. The van der Waals surface area contributed by atoms with Crippen LogP contribution >= 0.6 is 0 Å². The Kier molecular flexibility index (Phi) is 28.9. The molecule has 0 radical (unpaired) electrons. The second-order valence-corrected chi connectivity index (χ2v) is 19.9. The summed E-state index contributed by atoms with van der Waals surface area (Å²) in [7, 11) is 0. The van der Waals surface area contributed by atoms with Crippen molar-refractivity contribution in [3.8, 4) is 0 Å². The third-order valence-electron chi connectivity index (χ3n) is 14.3. The van der Waals surface area contributed by atoms with Crippen LogP contribution in [-0.4, -0.2) is 0 Å². The van der Waals surface area contributed by atoms with Gasteiger partial charge < -0.3 is 11.5 Å². The van der Waals surface area contributed by atoms with E-state index in [9.17, 15) is 0 Å². The van der Waals surface area contributed by atoms with Crippen LogP contribution in [0.2, 0.25) is 0 Å². The minimum absolute atomic E-state index is 0.470. The van der Waals surface area contributed by atoms with Crippen LogP contribution in [0, 0.1) is 0 Å². The van der Waals surface area contributed by atoms with Crippen LogP contribution in [0.3, 0.4) is 0 Å². The van der Waals surface area contributed by atoms with Crippen LogP contribution < -0.4 is 11.5 Å². The second kappa shape index (κ2) is 34.8. The van der Waals surface area contributed by atoms with E-state index >= 15 is 0 Å². The van der Waals surface area contributed by atoms with Crippen LogP contribution in [0.4, 0.5) is 11.4 Å². The first-order valence-electron chi connectivity index (χ1n) is 27.5. The predicted molar refractivity (Wildman–Crippen MR) is 285 cm³/mol. The van der Waals surface area contributed by atoms with Crippen molar-refractivity contribution in [3.05, 3.63) is 130 Å². The van der Waals surface area contributed by atoms with Gasteiger partial charge in [0.25, 0.3) is 0 Å². The molecule has 0 fully saturated rings. The van der Waals surface area contributed by atoms with Crippen molar-refractivity contribution in [2.24, 2.45) is 0 Å². The Bertz CT molecular complexity index is 1530. The highest BCUT2D eigenvalue weighted by Gasteiger charge is 2.16. The number of unbranched alkanes of at least 4 members (excludes halogenated alkanes) is 27. The molecule has 0 saturated heterocycles. The molecule has 0 saturated carbocycles. The molecule has 4 aromatic rings. The lowest BCUT2D eigenvalue weighted by atomic mass is 9.86. The quantitative estimate of drug-likeness (QED) is 0.0347. The van der Waals surface area contributed by atoms with Gasteiger partial charge in [0.2, 0.25) is 0 Å². The molecule has 0 aliphatic rings. The van der Waals surface area contributed by atoms with Gasteiger partial charge in [-0.25, -0.2) is 0 Å². The average molecular weight is 869 g/mol. The molecule has 0 spiro atoms. The maximum Gasteiger partial charge on any atom is 0.0314 e. The summed E-state index contributed by atoms with van der Waals surface area (Å²) in [5, 5.41) is 0. The molecule has 4 aromatic carbocycles. The molecule has 0 aliphatic carbocycles. The van der Waals surface area contributed by atoms with Crippen molar-refractivity contribution in [1.29, 1.82) is 0 Å². The molecule has 0 amide bonds. The number of aryl methyl sites for hydroxylation is 2. The van der Waals surface area contributed by atoms with E-state index in [1.807, 2.05) is 0 Å². The maximum atomic E-state index is 6.04. The Morgan fingerprint density at radius 3 is 0.750 bits per heavy atom. The summed E-state index contributed by atoms with van der Waals surface area (Å²) in [6, 6.07) is 36.6. The zero-order valence-electron chi connectivity index (χ0n) is 41.6. The fourth-order valence-corrected chi connectivity index (χ4v) is 10.1. The molecular weight excluding hydrogens is 773 g/mol. The summed E-state index contributed by atoms with van der Waals surface area (Å²) >= 11 is 0. The van der Waals surface area contributed by atoms with Crippen molar-refractivity contribution in [1.82, 2.24) is 0 Å². The first-order chi connectivity index (χ1) is 31.6. The highest BCUT2D eigenvalue weighted by molar-refractivity contribution is 5.44. The summed E-state index contributed by atoms with van der Waals surface area (Å²) in [5.74, 6) is 0.941. The van der Waals surface area contributed by atoms with E-state index in [0.29, 0.717) is 11.8 Å². The third kappa shape index (κ3) is 23.1. The summed E-state index contributed by atoms with van der Waals surface area (Å²) < 4.78 is 0. The highest BCUT2D eigenvalue weighted by Crippen LogP contribution is 2.33. The number of hydrogen-bond acceptors (Lipinski definition) is 2. The topological polar surface area (TPSA) is 52.0 Å². The fraction of sp³-hybridized carbons (Fsp3) is 0.613. The van der Waals surface area contributed by atoms with E-state index < -0.39 is 0 Å². The van der Waals surface area contributed by atoms with Crippen LogP contribution in [0.25, 0.3) is 0 Å². The molecular formula is C62H96N2. The molecule has 0 bridgehead atoms. The predicted octanol–water partition coefficient (Wildman–Crippen LogP) is 19.4. The Balaban J connectivity index is 0.962. The normalized spacial score (nSPS) is 12.5. The van der Waals surface area contributed by atoms with Gasteiger partial charge in [-0.05, 0) is 96.2 Å². The Hall–Kier alpha value is -3.52. The van der Waals surface area contributed by atoms with Gasteiger partial charge in [0.1, 0.15) is 0 Å². The van der Waals surface area contributed by atoms with E-state index in [2.05, 4.69) is 111 Å².